The second kappa shape index (κ2) is 10.5. The van der Waals surface area contributed by atoms with Gasteiger partial charge in [-0.15, -0.1) is 0 Å². The summed E-state index contributed by atoms with van der Waals surface area (Å²) in [6.45, 7) is 3.18. The fourth-order valence-electron chi connectivity index (χ4n) is 3.86. The Morgan fingerprint density at radius 2 is 1.84 bits per heavy atom. The second-order valence-corrected chi connectivity index (χ2v) is 8.09. The first kappa shape index (κ1) is 22.2. The van der Waals surface area contributed by atoms with Crippen molar-refractivity contribution in [1.82, 2.24) is 10.3 Å². The van der Waals surface area contributed by atoms with Crippen molar-refractivity contribution in [1.29, 1.82) is 0 Å². The van der Waals surface area contributed by atoms with Crippen LogP contribution in [0.25, 0.3) is 0 Å². The van der Waals surface area contributed by atoms with Gasteiger partial charge in [-0.2, -0.15) is 5.10 Å². The second-order valence-electron chi connectivity index (χ2n) is 7.68. The van der Waals surface area contributed by atoms with Gasteiger partial charge in [-0.1, -0.05) is 48.0 Å². The fourth-order valence-corrected chi connectivity index (χ4v) is 4.08. The number of amidine groups is 1. The Bertz CT molecular complexity index is 1070. The molecule has 7 nitrogen and oxygen atoms in total. The molecule has 1 N–H and O–H groups in total. The van der Waals surface area contributed by atoms with Crippen LogP contribution < -0.4 is 5.43 Å². The monoisotopic (exact) mass is 451 g/mol. The maximum absolute atomic E-state index is 12.2. The summed E-state index contributed by atoms with van der Waals surface area (Å²) in [6.07, 6.45) is 2.91. The number of aliphatic imine (C=N–C) groups is 2. The molecule has 2 heterocycles. The molecule has 1 fully saturated rings. The lowest BCUT2D eigenvalue weighted by atomic mass is 10.0. The van der Waals surface area contributed by atoms with E-state index in [1.54, 1.807) is 0 Å². The highest BCUT2D eigenvalue weighted by atomic mass is 35.5. The van der Waals surface area contributed by atoms with E-state index >= 15 is 0 Å². The van der Waals surface area contributed by atoms with E-state index in [9.17, 15) is 4.79 Å². The minimum absolute atomic E-state index is 0.277. The van der Waals surface area contributed by atoms with Crippen LogP contribution >= 0.6 is 11.6 Å². The number of hydrogen-bond donors (Lipinski definition) is 1. The summed E-state index contributed by atoms with van der Waals surface area (Å²) < 4.78 is 4.93. The Morgan fingerprint density at radius 1 is 1.12 bits per heavy atom. The van der Waals surface area contributed by atoms with Crippen LogP contribution in [0, 0.1) is 0 Å². The number of para-hydroxylation sites is 1. The molecule has 0 bridgehead atoms. The number of methoxy groups -OCH3 is 1. The number of hydrogen-bond acceptors (Lipinski definition) is 7. The molecule has 0 aromatic heterocycles. The van der Waals surface area contributed by atoms with Gasteiger partial charge < -0.3 is 9.64 Å². The fraction of sp³-hybridized carbons (Fsp3) is 0.333. The van der Waals surface area contributed by atoms with Crippen molar-refractivity contribution >= 4 is 40.5 Å². The molecule has 32 heavy (non-hydrogen) atoms. The zero-order chi connectivity index (χ0) is 22.3. The summed E-state index contributed by atoms with van der Waals surface area (Å²) in [5.41, 5.74) is 6.58. The lowest BCUT2D eigenvalue weighted by Gasteiger charge is -2.14. The predicted octanol–water partition coefficient (Wildman–Crippen LogP) is 3.83. The van der Waals surface area contributed by atoms with Crippen LogP contribution in [-0.2, 0) is 9.53 Å². The number of nitrogens with zero attached hydrogens (tertiary/aromatic N) is 4. The summed E-state index contributed by atoms with van der Waals surface area (Å²) in [5.74, 6) is 0.105. The Labute approximate surface area is 192 Å². The van der Waals surface area contributed by atoms with Gasteiger partial charge in [-0.3, -0.25) is 10.4 Å². The van der Waals surface area contributed by atoms with E-state index in [0.29, 0.717) is 23.0 Å². The average molecular weight is 452 g/mol. The smallest absolute Gasteiger partial charge is 0.354 e. The zero-order valence-corrected chi connectivity index (χ0v) is 18.8. The number of likely N-dealkylation sites (tertiary alicyclic amines) is 1. The molecule has 0 radical (unpaired) electrons. The van der Waals surface area contributed by atoms with Gasteiger partial charge in [0.2, 0.25) is 0 Å². The van der Waals surface area contributed by atoms with Crippen molar-refractivity contribution in [3.8, 4) is 0 Å². The number of hydrazone groups is 1. The van der Waals surface area contributed by atoms with Gasteiger partial charge >= 0.3 is 5.97 Å². The van der Waals surface area contributed by atoms with Gasteiger partial charge in [0.1, 0.15) is 11.5 Å². The maximum Gasteiger partial charge on any atom is 0.354 e. The van der Waals surface area contributed by atoms with E-state index in [-0.39, 0.29) is 6.54 Å². The van der Waals surface area contributed by atoms with E-state index < -0.39 is 5.97 Å². The van der Waals surface area contributed by atoms with Crippen LogP contribution in [0.2, 0.25) is 5.02 Å². The number of carbonyl (C=O) groups is 1. The van der Waals surface area contributed by atoms with Crippen molar-refractivity contribution < 1.29 is 9.53 Å². The SMILES string of the molecule is COC(=O)C(CCN1CCCC1)=NNC1=Nc2ccccc2C(c2ccccc2Cl)=NC1. The Hall–Kier alpha value is -3.03. The van der Waals surface area contributed by atoms with E-state index in [2.05, 4.69) is 15.4 Å². The van der Waals surface area contributed by atoms with Gasteiger partial charge in [0.05, 0.1) is 25.1 Å². The Morgan fingerprint density at radius 3 is 2.59 bits per heavy atom. The molecule has 2 aliphatic rings. The maximum atomic E-state index is 12.2. The molecule has 2 aromatic rings. The summed E-state index contributed by atoms with van der Waals surface area (Å²) in [7, 11) is 1.37. The van der Waals surface area contributed by atoms with Crippen LogP contribution in [0.4, 0.5) is 5.69 Å². The largest absolute Gasteiger partial charge is 0.464 e. The predicted molar refractivity (Wildman–Crippen MR) is 128 cm³/mol. The molecule has 2 aliphatic heterocycles. The van der Waals surface area contributed by atoms with Gasteiger partial charge in [0.15, 0.2) is 0 Å². The number of halogens is 1. The van der Waals surface area contributed by atoms with Crippen LogP contribution in [0.5, 0.6) is 0 Å². The highest BCUT2D eigenvalue weighted by Gasteiger charge is 2.19. The quantitative estimate of drug-likeness (QED) is 0.411. The van der Waals surface area contributed by atoms with Crippen molar-refractivity contribution in [2.75, 3.05) is 33.3 Å². The molecular formula is C24H26ClN5O2. The van der Waals surface area contributed by atoms with Crippen LogP contribution in [0.1, 0.15) is 30.4 Å². The molecular weight excluding hydrogens is 426 g/mol. The first-order chi connectivity index (χ1) is 15.7. The van der Waals surface area contributed by atoms with E-state index in [0.717, 1.165) is 42.2 Å². The molecule has 4 rings (SSSR count). The minimum atomic E-state index is -0.438. The minimum Gasteiger partial charge on any atom is -0.464 e. The molecule has 8 heteroatoms. The number of carbonyl (C=O) groups excluding carboxylic acids is 1. The zero-order valence-electron chi connectivity index (χ0n) is 18.1. The third-order valence-electron chi connectivity index (χ3n) is 5.53. The number of fused-ring (bicyclic) bond motifs is 1. The summed E-state index contributed by atoms with van der Waals surface area (Å²) >= 11 is 6.44. The molecule has 0 atom stereocenters. The van der Waals surface area contributed by atoms with Crippen LogP contribution in [-0.4, -0.2) is 61.4 Å². The van der Waals surface area contributed by atoms with Gasteiger partial charge in [-0.05, 0) is 38.1 Å². The van der Waals surface area contributed by atoms with Gasteiger partial charge in [-0.25, -0.2) is 9.79 Å². The summed E-state index contributed by atoms with van der Waals surface area (Å²) in [4.78, 5) is 24.1. The highest BCUT2D eigenvalue weighted by Crippen LogP contribution is 2.28. The van der Waals surface area contributed by atoms with Gasteiger partial charge in [0.25, 0.3) is 0 Å². The molecule has 0 amide bonds. The van der Waals surface area contributed by atoms with Crippen LogP contribution in [0.15, 0.2) is 63.6 Å². The first-order valence-corrected chi connectivity index (χ1v) is 11.1. The third kappa shape index (κ3) is 5.23. The third-order valence-corrected chi connectivity index (χ3v) is 5.86. The van der Waals surface area contributed by atoms with Crippen LogP contribution in [0.3, 0.4) is 0 Å². The molecule has 0 saturated carbocycles. The normalized spacial score (nSPS) is 16.6. The topological polar surface area (TPSA) is 78.6 Å². The van der Waals surface area contributed by atoms with Crippen molar-refractivity contribution in [3.63, 3.8) is 0 Å². The van der Waals surface area contributed by atoms with Crippen molar-refractivity contribution in [2.45, 2.75) is 19.3 Å². The molecule has 0 unspecified atom stereocenters. The Balaban J connectivity index is 1.57. The highest BCUT2D eigenvalue weighted by molar-refractivity contribution is 6.37. The summed E-state index contributed by atoms with van der Waals surface area (Å²) in [5, 5.41) is 4.98. The molecule has 166 valence electrons. The number of nitrogens with one attached hydrogen (secondary N) is 1. The number of ether oxygens (including phenoxy) is 1. The van der Waals surface area contributed by atoms with Crippen molar-refractivity contribution in [3.05, 3.63) is 64.7 Å². The molecule has 0 spiro atoms. The molecule has 1 saturated heterocycles. The van der Waals surface area contributed by atoms with E-state index in [1.807, 2.05) is 48.5 Å². The number of rotatable bonds is 6. The first-order valence-electron chi connectivity index (χ1n) is 10.8. The van der Waals surface area contributed by atoms with Gasteiger partial charge in [0, 0.05) is 29.1 Å². The van der Waals surface area contributed by atoms with E-state index in [4.69, 9.17) is 26.3 Å². The average Bonchev–Trinajstić information content (AvgIpc) is 3.27. The molecule has 0 aliphatic carbocycles. The lowest BCUT2D eigenvalue weighted by molar-refractivity contribution is -0.132. The molecule has 2 aromatic carbocycles. The lowest BCUT2D eigenvalue weighted by Crippen LogP contribution is -2.29. The summed E-state index contributed by atoms with van der Waals surface area (Å²) in [6, 6.07) is 15.4. The number of esters is 1. The Kier molecular flexibility index (Phi) is 7.29. The van der Waals surface area contributed by atoms with E-state index in [1.165, 1.54) is 20.0 Å². The number of benzene rings is 2. The van der Waals surface area contributed by atoms with Crippen molar-refractivity contribution in [2.24, 2.45) is 15.1 Å². The standard InChI is InChI=1S/C24H26ClN5O2/c1-32-24(31)21(12-15-30-13-6-7-14-30)28-29-22-16-26-23(17-8-2-4-10-19(17)25)18-9-3-5-11-20(18)27-22/h2-5,8-11H,6-7,12-16H2,1H3,(H,27,29).